The summed E-state index contributed by atoms with van der Waals surface area (Å²) in [6.07, 6.45) is 1.77. The molecule has 1 aliphatic heterocycles. The number of unbranched alkanes of at least 4 members (excludes halogenated alkanes) is 1. The Kier molecular flexibility index (Phi) is 9.37. The minimum atomic E-state index is -4.05. The second-order valence-electron chi connectivity index (χ2n) is 9.99. The first kappa shape index (κ1) is 29.0. The van der Waals surface area contributed by atoms with Crippen molar-refractivity contribution < 1.29 is 22.8 Å². The van der Waals surface area contributed by atoms with Crippen molar-refractivity contribution in [1.29, 1.82) is 0 Å². The van der Waals surface area contributed by atoms with Crippen LogP contribution in [0.4, 0.5) is 0 Å². The molecule has 0 saturated heterocycles. The molecule has 1 aliphatic rings. The molecule has 3 aromatic rings. The van der Waals surface area contributed by atoms with Crippen molar-refractivity contribution in [1.82, 2.24) is 14.5 Å². The average Bonchev–Trinajstić information content (AvgIpc) is 3.15. The summed E-state index contributed by atoms with van der Waals surface area (Å²) >= 11 is 0. The summed E-state index contributed by atoms with van der Waals surface area (Å²) < 4.78 is 26.8. The van der Waals surface area contributed by atoms with Gasteiger partial charge in [0.15, 0.2) is 0 Å². The molecule has 0 spiro atoms. The minimum Gasteiger partial charge on any atom is -0.354 e. The lowest BCUT2D eigenvalue weighted by molar-refractivity contribution is -0.141. The van der Waals surface area contributed by atoms with Crippen molar-refractivity contribution in [3.63, 3.8) is 0 Å². The van der Waals surface area contributed by atoms with Gasteiger partial charge in [-0.15, -0.1) is 0 Å². The maximum Gasteiger partial charge on any atom is 0.269 e. The fourth-order valence-electron chi connectivity index (χ4n) is 4.74. The molecule has 1 atom stereocenters. The topological polar surface area (TPSA) is 104 Å². The molecular formula is C31H35N3O5S. The molecule has 0 aliphatic carbocycles. The standard InChI is InChI=1S/C31H35N3O5S/c1-3-4-19-32-30(36)27(21-24-10-6-5-7-11-24)33(22-25-16-14-23(2)15-17-25)29(35)18-20-34-31(37)26-12-8-9-13-28(26)40(34,38)39/h5-17,27H,3-4,18-22H2,1-2H3,(H,32,36)/t27-/m1/s1. The van der Waals surface area contributed by atoms with E-state index in [0.717, 1.165) is 33.8 Å². The first-order valence-corrected chi connectivity index (χ1v) is 15.0. The Hall–Kier alpha value is -3.98. The number of carbonyl (C=O) groups excluding carboxylic acids is 3. The summed E-state index contributed by atoms with van der Waals surface area (Å²) in [7, 11) is -4.05. The number of carbonyl (C=O) groups is 3. The van der Waals surface area contributed by atoms with Crippen LogP contribution in [0.15, 0.2) is 83.8 Å². The quantitative estimate of drug-likeness (QED) is 0.336. The van der Waals surface area contributed by atoms with Gasteiger partial charge < -0.3 is 10.2 Å². The van der Waals surface area contributed by atoms with E-state index in [4.69, 9.17) is 0 Å². The number of nitrogens with one attached hydrogen (secondary N) is 1. The van der Waals surface area contributed by atoms with Crippen LogP contribution in [0, 0.1) is 6.92 Å². The SMILES string of the molecule is CCCCNC(=O)[C@@H](Cc1ccccc1)N(Cc1ccc(C)cc1)C(=O)CCN1C(=O)c2ccccc2S1(=O)=O. The number of hydrogen-bond donors (Lipinski definition) is 1. The van der Waals surface area contributed by atoms with Gasteiger partial charge in [-0.2, -0.15) is 0 Å². The fraction of sp³-hybridized carbons (Fsp3) is 0.323. The monoisotopic (exact) mass is 561 g/mol. The van der Waals surface area contributed by atoms with Gasteiger partial charge >= 0.3 is 0 Å². The van der Waals surface area contributed by atoms with Gasteiger partial charge in [0.25, 0.3) is 15.9 Å². The van der Waals surface area contributed by atoms with Crippen molar-refractivity contribution in [2.45, 2.75) is 57.0 Å². The van der Waals surface area contributed by atoms with Gasteiger partial charge in [0.2, 0.25) is 11.8 Å². The van der Waals surface area contributed by atoms with Crippen LogP contribution in [-0.4, -0.2) is 54.5 Å². The fourth-order valence-corrected chi connectivity index (χ4v) is 6.31. The van der Waals surface area contributed by atoms with Gasteiger partial charge in [-0.25, -0.2) is 12.7 Å². The van der Waals surface area contributed by atoms with E-state index in [1.54, 1.807) is 12.1 Å². The maximum atomic E-state index is 13.8. The number of hydrogen-bond acceptors (Lipinski definition) is 5. The molecule has 0 unspecified atom stereocenters. The van der Waals surface area contributed by atoms with E-state index in [0.29, 0.717) is 13.0 Å². The van der Waals surface area contributed by atoms with Crippen molar-refractivity contribution in [2.24, 2.45) is 0 Å². The van der Waals surface area contributed by atoms with Crippen LogP contribution in [0.1, 0.15) is 53.2 Å². The molecule has 0 saturated carbocycles. The highest BCUT2D eigenvalue weighted by Crippen LogP contribution is 2.30. The minimum absolute atomic E-state index is 0.0544. The highest BCUT2D eigenvalue weighted by atomic mass is 32.2. The van der Waals surface area contributed by atoms with E-state index in [1.165, 1.54) is 17.0 Å². The van der Waals surface area contributed by atoms with E-state index in [1.807, 2.05) is 68.4 Å². The number of fused-ring (bicyclic) bond motifs is 1. The molecule has 0 radical (unpaired) electrons. The summed E-state index contributed by atoms with van der Waals surface area (Å²) in [6.45, 7) is 4.35. The normalized spacial score (nSPS) is 14.4. The number of sulfonamides is 1. The average molecular weight is 562 g/mol. The lowest BCUT2D eigenvalue weighted by atomic mass is 10.0. The second-order valence-corrected chi connectivity index (χ2v) is 11.8. The van der Waals surface area contributed by atoms with Crippen molar-refractivity contribution in [3.05, 3.63) is 101 Å². The predicted molar refractivity (Wildman–Crippen MR) is 153 cm³/mol. The number of aryl methyl sites for hydroxylation is 1. The van der Waals surface area contributed by atoms with Crippen LogP contribution in [-0.2, 0) is 32.6 Å². The Morgan fingerprint density at radius 2 is 1.60 bits per heavy atom. The zero-order chi connectivity index (χ0) is 28.7. The molecule has 3 amide bonds. The molecule has 0 fully saturated rings. The van der Waals surface area contributed by atoms with Gasteiger partial charge in [0, 0.05) is 32.5 Å². The largest absolute Gasteiger partial charge is 0.354 e. The number of amides is 3. The highest BCUT2D eigenvalue weighted by Gasteiger charge is 2.41. The van der Waals surface area contributed by atoms with Gasteiger partial charge in [0.1, 0.15) is 10.9 Å². The van der Waals surface area contributed by atoms with Gasteiger partial charge in [-0.05, 0) is 36.6 Å². The van der Waals surface area contributed by atoms with E-state index in [2.05, 4.69) is 5.32 Å². The molecular weight excluding hydrogens is 526 g/mol. The lowest BCUT2D eigenvalue weighted by Gasteiger charge is -2.32. The molecule has 210 valence electrons. The molecule has 0 bridgehead atoms. The summed E-state index contributed by atoms with van der Waals surface area (Å²) in [5.74, 6) is -1.33. The molecule has 0 aromatic heterocycles. The molecule has 9 heteroatoms. The number of benzene rings is 3. The Balaban J connectivity index is 1.62. The maximum absolute atomic E-state index is 13.8. The molecule has 3 aromatic carbocycles. The third-order valence-corrected chi connectivity index (χ3v) is 8.86. The number of nitrogens with zero attached hydrogens (tertiary/aromatic N) is 2. The van der Waals surface area contributed by atoms with Crippen molar-refractivity contribution >= 4 is 27.7 Å². The zero-order valence-corrected chi connectivity index (χ0v) is 23.7. The molecule has 1 N–H and O–H groups in total. The van der Waals surface area contributed by atoms with E-state index in [9.17, 15) is 22.8 Å². The molecule has 1 heterocycles. The summed E-state index contributed by atoms with van der Waals surface area (Å²) in [6, 6.07) is 22.4. The van der Waals surface area contributed by atoms with Crippen LogP contribution in [0.3, 0.4) is 0 Å². The molecule has 8 nitrogen and oxygen atoms in total. The van der Waals surface area contributed by atoms with Crippen molar-refractivity contribution in [2.75, 3.05) is 13.1 Å². The lowest BCUT2D eigenvalue weighted by Crippen LogP contribution is -2.51. The van der Waals surface area contributed by atoms with Crippen LogP contribution >= 0.6 is 0 Å². The van der Waals surface area contributed by atoms with Crippen LogP contribution in [0.5, 0.6) is 0 Å². The third kappa shape index (κ3) is 6.59. The molecule has 4 rings (SSSR count). The smallest absolute Gasteiger partial charge is 0.269 e. The summed E-state index contributed by atoms with van der Waals surface area (Å²) in [5.41, 5.74) is 2.91. The predicted octanol–water partition coefficient (Wildman–Crippen LogP) is 4.09. The Bertz CT molecular complexity index is 1460. The second kappa shape index (κ2) is 12.9. The zero-order valence-electron chi connectivity index (χ0n) is 22.9. The first-order valence-electron chi connectivity index (χ1n) is 13.5. The van der Waals surface area contributed by atoms with Crippen molar-refractivity contribution in [3.8, 4) is 0 Å². The Morgan fingerprint density at radius 1 is 0.925 bits per heavy atom. The first-order chi connectivity index (χ1) is 19.2. The van der Waals surface area contributed by atoms with E-state index in [-0.39, 0.29) is 35.9 Å². The summed E-state index contributed by atoms with van der Waals surface area (Å²) in [5, 5.41) is 2.97. The summed E-state index contributed by atoms with van der Waals surface area (Å²) in [4.78, 5) is 41.7. The van der Waals surface area contributed by atoms with Gasteiger partial charge in [-0.3, -0.25) is 14.4 Å². The third-order valence-electron chi connectivity index (χ3n) is 7.01. The van der Waals surface area contributed by atoms with Gasteiger partial charge in [0.05, 0.1) is 5.56 Å². The van der Waals surface area contributed by atoms with E-state index < -0.39 is 27.9 Å². The highest BCUT2D eigenvalue weighted by molar-refractivity contribution is 7.90. The number of rotatable bonds is 12. The molecule has 40 heavy (non-hydrogen) atoms. The van der Waals surface area contributed by atoms with Crippen LogP contribution < -0.4 is 5.32 Å². The Morgan fingerprint density at radius 3 is 2.27 bits per heavy atom. The Labute approximate surface area is 236 Å². The van der Waals surface area contributed by atoms with E-state index >= 15 is 0 Å². The van der Waals surface area contributed by atoms with Crippen LogP contribution in [0.2, 0.25) is 0 Å². The van der Waals surface area contributed by atoms with Crippen LogP contribution in [0.25, 0.3) is 0 Å². The van der Waals surface area contributed by atoms with Gasteiger partial charge in [-0.1, -0.05) is 85.6 Å².